The molecule has 0 aromatic carbocycles. The van der Waals surface area contributed by atoms with Gasteiger partial charge in [0.1, 0.15) is 0 Å². The van der Waals surface area contributed by atoms with E-state index in [1.165, 1.54) is 43.4 Å². The normalized spacial score (nSPS) is 24.4. The van der Waals surface area contributed by atoms with Crippen molar-refractivity contribution in [1.82, 2.24) is 10.3 Å². The number of aryl methyl sites for hydroxylation is 1. The summed E-state index contributed by atoms with van der Waals surface area (Å²) in [5.74, 6) is 1.27. The first kappa shape index (κ1) is 14.0. The van der Waals surface area contributed by atoms with Crippen LogP contribution in [-0.4, -0.2) is 30.8 Å². The molecular formula is C17H26N2O. The summed E-state index contributed by atoms with van der Waals surface area (Å²) in [6.45, 7) is 3.29. The van der Waals surface area contributed by atoms with Crippen LogP contribution in [0.1, 0.15) is 49.8 Å². The molecule has 110 valence electrons. The zero-order valence-electron chi connectivity index (χ0n) is 12.6. The van der Waals surface area contributed by atoms with Gasteiger partial charge in [-0.15, -0.1) is 0 Å². The third-order valence-electron chi connectivity index (χ3n) is 4.78. The van der Waals surface area contributed by atoms with E-state index < -0.39 is 0 Å². The first-order valence-corrected chi connectivity index (χ1v) is 8.05. The maximum Gasteiger partial charge on any atom is 0.0758 e. The SMILES string of the molecule is CCCNC(C1CCc2cccnc21)C(OC)C1CC1. The van der Waals surface area contributed by atoms with Crippen LogP contribution < -0.4 is 5.32 Å². The minimum Gasteiger partial charge on any atom is -0.380 e. The van der Waals surface area contributed by atoms with Crippen LogP contribution in [0.5, 0.6) is 0 Å². The van der Waals surface area contributed by atoms with Gasteiger partial charge in [-0.3, -0.25) is 4.98 Å². The maximum absolute atomic E-state index is 5.87. The monoisotopic (exact) mass is 274 g/mol. The van der Waals surface area contributed by atoms with Gasteiger partial charge in [-0.2, -0.15) is 0 Å². The zero-order valence-corrected chi connectivity index (χ0v) is 12.6. The molecule has 2 aliphatic rings. The average molecular weight is 274 g/mol. The average Bonchev–Trinajstić information content (AvgIpc) is 3.23. The van der Waals surface area contributed by atoms with E-state index in [1.54, 1.807) is 0 Å². The second kappa shape index (κ2) is 6.23. The van der Waals surface area contributed by atoms with Crippen molar-refractivity contribution in [2.45, 2.75) is 57.1 Å². The molecule has 1 N–H and O–H groups in total. The molecule has 1 aromatic rings. The molecule has 0 bridgehead atoms. The van der Waals surface area contributed by atoms with Crippen LogP contribution in [0.25, 0.3) is 0 Å². The van der Waals surface area contributed by atoms with Gasteiger partial charge in [-0.1, -0.05) is 13.0 Å². The molecule has 1 aromatic heterocycles. The number of hydrogen-bond donors (Lipinski definition) is 1. The van der Waals surface area contributed by atoms with E-state index in [9.17, 15) is 0 Å². The molecule has 0 amide bonds. The summed E-state index contributed by atoms with van der Waals surface area (Å²) in [5.41, 5.74) is 2.75. The topological polar surface area (TPSA) is 34.2 Å². The van der Waals surface area contributed by atoms with E-state index >= 15 is 0 Å². The number of fused-ring (bicyclic) bond motifs is 1. The van der Waals surface area contributed by atoms with Gasteiger partial charge >= 0.3 is 0 Å². The molecule has 1 fully saturated rings. The first-order chi connectivity index (χ1) is 9.85. The summed E-state index contributed by atoms with van der Waals surface area (Å²) in [7, 11) is 1.87. The molecular weight excluding hydrogens is 248 g/mol. The summed E-state index contributed by atoms with van der Waals surface area (Å²) >= 11 is 0. The van der Waals surface area contributed by atoms with E-state index in [1.807, 2.05) is 13.3 Å². The van der Waals surface area contributed by atoms with Gasteiger partial charge in [0, 0.05) is 31.0 Å². The van der Waals surface area contributed by atoms with Crippen molar-refractivity contribution in [3.63, 3.8) is 0 Å². The largest absolute Gasteiger partial charge is 0.380 e. The fourth-order valence-corrected chi connectivity index (χ4v) is 3.65. The fraction of sp³-hybridized carbons (Fsp3) is 0.706. The zero-order chi connectivity index (χ0) is 13.9. The second-order valence-corrected chi connectivity index (χ2v) is 6.21. The molecule has 0 spiro atoms. The number of rotatable bonds is 7. The third-order valence-corrected chi connectivity index (χ3v) is 4.78. The van der Waals surface area contributed by atoms with E-state index in [2.05, 4.69) is 29.4 Å². The Morgan fingerprint density at radius 2 is 2.25 bits per heavy atom. The Morgan fingerprint density at radius 1 is 1.40 bits per heavy atom. The number of pyridine rings is 1. The Bertz CT molecular complexity index is 444. The van der Waals surface area contributed by atoms with Crippen molar-refractivity contribution in [2.75, 3.05) is 13.7 Å². The lowest BCUT2D eigenvalue weighted by Crippen LogP contribution is -2.46. The van der Waals surface area contributed by atoms with Gasteiger partial charge in [0.05, 0.1) is 6.10 Å². The number of nitrogens with zero attached hydrogens (tertiary/aromatic N) is 1. The molecule has 2 aliphatic carbocycles. The van der Waals surface area contributed by atoms with Crippen LogP contribution in [0, 0.1) is 5.92 Å². The molecule has 20 heavy (non-hydrogen) atoms. The van der Waals surface area contributed by atoms with Crippen molar-refractivity contribution in [3.05, 3.63) is 29.6 Å². The Morgan fingerprint density at radius 3 is 2.95 bits per heavy atom. The third kappa shape index (κ3) is 2.75. The number of nitrogens with one attached hydrogen (secondary N) is 1. The van der Waals surface area contributed by atoms with Crippen molar-refractivity contribution < 1.29 is 4.74 Å². The van der Waals surface area contributed by atoms with Gasteiger partial charge in [-0.05, 0) is 56.2 Å². The smallest absolute Gasteiger partial charge is 0.0758 e. The van der Waals surface area contributed by atoms with Gasteiger partial charge in [0.2, 0.25) is 0 Å². The molecule has 3 unspecified atom stereocenters. The molecule has 3 nitrogen and oxygen atoms in total. The molecule has 1 saturated carbocycles. The van der Waals surface area contributed by atoms with Crippen LogP contribution in [0.2, 0.25) is 0 Å². The minimum absolute atomic E-state index is 0.347. The minimum atomic E-state index is 0.347. The molecule has 1 heterocycles. The highest BCUT2D eigenvalue weighted by Gasteiger charge is 2.42. The number of methoxy groups -OCH3 is 1. The van der Waals surface area contributed by atoms with E-state index in [0.29, 0.717) is 18.1 Å². The summed E-state index contributed by atoms with van der Waals surface area (Å²) in [4.78, 5) is 4.67. The lowest BCUT2D eigenvalue weighted by Gasteiger charge is -2.32. The van der Waals surface area contributed by atoms with Crippen LogP contribution >= 0.6 is 0 Å². The summed E-state index contributed by atoms with van der Waals surface area (Å²) in [6.07, 6.45) is 8.47. The van der Waals surface area contributed by atoms with E-state index in [-0.39, 0.29) is 0 Å². The molecule has 3 atom stereocenters. The van der Waals surface area contributed by atoms with Gasteiger partial charge in [0.25, 0.3) is 0 Å². The van der Waals surface area contributed by atoms with Crippen LogP contribution in [0.4, 0.5) is 0 Å². The lowest BCUT2D eigenvalue weighted by molar-refractivity contribution is 0.0418. The lowest BCUT2D eigenvalue weighted by atomic mass is 9.90. The van der Waals surface area contributed by atoms with Gasteiger partial charge in [0.15, 0.2) is 0 Å². The summed E-state index contributed by atoms with van der Waals surface area (Å²) < 4.78 is 5.87. The molecule has 3 rings (SSSR count). The van der Waals surface area contributed by atoms with Gasteiger partial charge in [-0.25, -0.2) is 0 Å². The van der Waals surface area contributed by atoms with Crippen molar-refractivity contribution in [2.24, 2.45) is 5.92 Å². The number of ether oxygens (including phenoxy) is 1. The molecule has 3 heteroatoms. The van der Waals surface area contributed by atoms with Crippen molar-refractivity contribution >= 4 is 0 Å². The predicted octanol–water partition coefficient (Wildman–Crippen LogP) is 2.90. The summed E-state index contributed by atoms with van der Waals surface area (Å²) in [6, 6.07) is 4.71. The van der Waals surface area contributed by atoms with Crippen molar-refractivity contribution in [3.8, 4) is 0 Å². The highest BCUT2D eigenvalue weighted by Crippen LogP contribution is 2.42. The van der Waals surface area contributed by atoms with Crippen LogP contribution in [0.15, 0.2) is 18.3 Å². The second-order valence-electron chi connectivity index (χ2n) is 6.21. The Labute approximate surface area is 122 Å². The number of hydrogen-bond acceptors (Lipinski definition) is 3. The van der Waals surface area contributed by atoms with E-state index in [0.717, 1.165) is 12.5 Å². The highest BCUT2D eigenvalue weighted by atomic mass is 16.5. The van der Waals surface area contributed by atoms with Gasteiger partial charge < -0.3 is 10.1 Å². The Hall–Kier alpha value is -0.930. The molecule has 0 aliphatic heterocycles. The van der Waals surface area contributed by atoms with E-state index in [4.69, 9.17) is 4.74 Å². The maximum atomic E-state index is 5.87. The Balaban J connectivity index is 1.82. The first-order valence-electron chi connectivity index (χ1n) is 8.05. The highest BCUT2D eigenvalue weighted by molar-refractivity contribution is 5.30. The standard InChI is InChI=1S/C17H26N2O/c1-3-10-18-16(17(20-2)13-6-7-13)14-9-8-12-5-4-11-19-15(12)14/h4-5,11,13-14,16-18H,3,6-10H2,1-2H3. The van der Waals surface area contributed by atoms with Crippen LogP contribution in [-0.2, 0) is 11.2 Å². The molecule has 0 saturated heterocycles. The quantitative estimate of drug-likeness (QED) is 0.830. The Kier molecular flexibility index (Phi) is 4.37. The number of aromatic nitrogens is 1. The summed E-state index contributed by atoms with van der Waals surface area (Å²) in [5, 5.41) is 3.76. The van der Waals surface area contributed by atoms with Crippen LogP contribution in [0.3, 0.4) is 0 Å². The molecule has 0 radical (unpaired) electrons. The predicted molar refractivity (Wildman–Crippen MR) is 80.9 cm³/mol. The van der Waals surface area contributed by atoms with Crippen molar-refractivity contribution in [1.29, 1.82) is 0 Å². The fourth-order valence-electron chi connectivity index (χ4n) is 3.65.